The molecule has 0 bridgehead atoms. The molecule has 1 aliphatic rings. The van der Waals surface area contributed by atoms with Crippen LogP contribution in [0.25, 0.3) is 10.8 Å². The Labute approximate surface area is 203 Å². The summed E-state index contributed by atoms with van der Waals surface area (Å²) in [5.74, 6) is -2.58. The van der Waals surface area contributed by atoms with E-state index < -0.39 is 11.9 Å². The minimum Gasteiger partial charge on any atom is -0.493 e. The number of fused-ring (bicyclic) bond motifs is 1. The predicted octanol–water partition coefficient (Wildman–Crippen LogP) is 2.97. The van der Waals surface area contributed by atoms with Crippen LogP contribution in [0.15, 0.2) is 60.7 Å². The summed E-state index contributed by atoms with van der Waals surface area (Å²) in [4.78, 5) is 35.5. The lowest BCUT2D eigenvalue weighted by Crippen LogP contribution is -2.48. The number of nitrogens with zero attached hydrogens (tertiary/aromatic N) is 2. The third-order valence-corrected chi connectivity index (χ3v) is 5.70. The van der Waals surface area contributed by atoms with Gasteiger partial charge in [-0.3, -0.25) is 9.69 Å². The van der Waals surface area contributed by atoms with Crippen molar-refractivity contribution in [1.82, 2.24) is 9.80 Å². The van der Waals surface area contributed by atoms with Crippen LogP contribution in [0, 0.1) is 0 Å². The first-order chi connectivity index (χ1) is 16.8. The van der Waals surface area contributed by atoms with Crippen LogP contribution in [0.4, 0.5) is 0 Å². The number of hydrogen-bond donors (Lipinski definition) is 2. The van der Waals surface area contributed by atoms with E-state index in [0.717, 1.165) is 19.6 Å². The Hall–Kier alpha value is -4.11. The predicted molar refractivity (Wildman–Crippen MR) is 130 cm³/mol. The van der Waals surface area contributed by atoms with Crippen LogP contribution >= 0.6 is 0 Å². The average molecular weight is 481 g/mol. The van der Waals surface area contributed by atoms with Crippen LogP contribution in [0.1, 0.15) is 15.9 Å². The Balaban J connectivity index is 0.000000509. The van der Waals surface area contributed by atoms with Crippen molar-refractivity contribution in [2.75, 3.05) is 40.4 Å². The lowest BCUT2D eigenvalue weighted by atomic mass is 10.1. The fraction of sp³-hybridized carbons (Fsp3) is 0.269. The summed E-state index contributed by atoms with van der Waals surface area (Å²) in [6.45, 7) is 4.00. The fourth-order valence-electron chi connectivity index (χ4n) is 3.93. The molecule has 1 aliphatic heterocycles. The maximum atomic E-state index is 13.0. The summed E-state index contributed by atoms with van der Waals surface area (Å²) in [5, 5.41) is 17.3. The molecule has 35 heavy (non-hydrogen) atoms. The van der Waals surface area contributed by atoms with Crippen molar-refractivity contribution in [2.45, 2.75) is 6.54 Å². The number of amides is 1. The number of methoxy groups -OCH3 is 2. The number of aliphatic carboxylic acids is 2. The SMILES string of the molecule is COc1cccc(C(=O)N2CCN(Cc3ccc4ccccc4c3)CC2)c1OC.O=C(O)C(=O)O. The van der Waals surface area contributed by atoms with Gasteiger partial charge in [-0.25, -0.2) is 9.59 Å². The average Bonchev–Trinajstić information content (AvgIpc) is 2.88. The molecule has 9 nitrogen and oxygen atoms in total. The number of para-hydroxylation sites is 1. The van der Waals surface area contributed by atoms with E-state index in [2.05, 4.69) is 47.4 Å². The van der Waals surface area contributed by atoms with Gasteiger partial charge in [0.1, 0.15) is 0 Å². The van der Waals surface area contributed by atoms with Gasteiger partial charge in [0.05, 0.1) is 19.8 Å². The van der Waals surface area contributed by atoms with Gasteiger partial charge >= 0.3 is 11.9 Å². The van der Waals surface area contributed by atoms with E-state index >= 15 is 0 Å². The molecule has 4 rings (SSSR count). The molecular weight excluding hydrogens is 452 g/mol. The third kappa shape index (κ3) is 6.48. The van der Waals surface area contributed by atoms with Gasteiger partial charge in [-0.05, 0) is 34.5 Å². The van der Waals surface area contributed by atoms with Crippen LogP contribution in [-0.4, -0.2) is 78.3 Å². The van der Waals surface area contributed by atoms with Crippen molar-refractivity contribution in [3.05, 3.63) is 71.8 Å². The summed E-state index contributed by atoms with van der Waals surface area (Å²) in [5.41, 5.74) is 1.85. The number of carbonyl (C=O) groups excluding carboxylic acids is 1. The quantitative estimate of drug-likeness (QED) is 0.536. The number of ether oxygens (including phenoxy) is 2. The van der Waals surface area contributed by atoms with Crippen LogP contribution in [0.5, 0.6) is 11.5 Å². The summed E-state index contributed by atoms with van der Waals surface area (Å²) in [6.07, 6.45) is 0. The van der Waals surface area contributed by atoms with Gasteiger partial charge in [-0.15, -0.1) is 0 Å². The maximum Gasteiger partial charge on any atom is 0.414 e. The minimum atomic E-state index is -1.82. The van der Waals surface area contributed by atoms with E-state index in [0.29, 0.717) is 30.2 Å². The van der Waals surface area contributed by atoms with Crippen molar-refractivity contribution >= 4 is 28.6 Å². The monoisotopic (exact) mass is 480 g/mol. The van der Waals surface area contributed by atoms with Crippen molar-refractivity contribution in [3.63, 3.8) is 0 Å². The molecule has 0 saturated carbocycles. The minimum absolute atomic E-state index is 0.00824. The number of rotatable bonds is 5. The third-order valence-electron chi connectivity index (χ3n) is 5.70. The molecule has 0 unspecified atom stereocenters. The molecule has 1 amide bonds. The summed E-state index contributed by atoms with van der Waals surface area (Å²) < 4.78 is 10.8. The second kappa shape index (κ2) is 11.8. The first-order valence-corrected chi connectivity index (χ1v) is 11.0. The van der Waals surface area contributed by atoms with Gasteiger partial charge in [-0.1, -0.05) is 42.5 Å². The van der Waals surface area contributed by atoms with Crippen molar-refractivity contribution in [3.8, 4) is 11.5 Å². The molecule has 184 valence electrons. The molecule has 1 heterocycles. The van der Waals surface area contributed by atoms with E-state index in [4.69, 9.17) is 29.3 Å². The summed E-state index contributed by atoms with van der Waals surface area (Å²) in [6, 6.07) is 20.5. The van der Waals surface area contributed by atoms with Gasteiger partial charge in [0.2, 0.25) is 0 Å². The molecule has 9 heteroatoms. The summed E-state index contributed by atoms with van der Waals surface area (Å²) >= 11 is 0. The van der Waals surface area contributed by atoms with Crippen molar-refractivity contribution < 1.29 is 34.1 Å². The van der Waals surface area contributed by atoms with E-state index in [1.54, 1.807) is 26.4 Å². The molecule has 0 spiro atoms. The molecule has 0 radical (unpaired) electrons. The lowest BCUT2D eigenvalue weighted by Gasteiger charge is -2.35. The number of carboxylic acids is 2. The van der Waals surface area contributed by atoms with Gasteiger partial charge in [0.25, 0.3) is 5.91 Å². The number of carbonyl (C=O) groups is 3. The van der Waals surface area contributed by atoms with Gasteiger partial charge in [-0.2, -0.15) is 0 Å². The Morgan fingerprint density at radius 2 is 1.46 bits per heavy atom. The maximum absolute atomic E-state index is 13.0. The fourth-order valence-corrected chi connectivity index (χ4v) is 3.93. The molecule has 0 atom stereocenters. The van der Waals surface area contributed by atoms with E-state index in [9.17, 15) is 4.79 Å². The Kier molecular flexibility index (Phi) is 8.63. The van der Waals surface area contributed by atoms with E-state index in [1.165, 1.54) is 16.3 Å². The molecule has 1 fully saturated rings. The van der Waals surface area contributed by atoms with Crippen molar-refractivity contribution in [1.29, 1.82) is 0 Å². The normalized spacial score (nSPS) is 13.5. The zero-order valence-electron chi connectivity index (χ0n) is 19.6. The molecule has 2 N–H and O–H groups in total. The number of piperazine rings is 1. The standard InChI is InChI=1S/C24H26N2O3.C2H2O4/c1-28-22-9-5-8-21(23(22)29-2)24(27)26-14-12-25(13-15-26)17-18-10-11-19-6-3-4-7-20(19)16-18;3-1(4)2(5)6/h3-11,16H,12-15,17H2,1-2H3;(H,3,4)(H,5,6). The molecule has 3 aromatic rings. The van der Waals surface area contributed by atoms with Gasteiger partial charge in [0, 0.05) is 32.7 Å². The Morgan fingerprint density at radius 1 is 0.800 bits per heavy atom. The van der Waals surface area contributed by atoms with Gasteiger partial charge in [0.15, 0.2) is 11.5 Å². The highest BCUT2D eigenvalue weighted by atomic mass is 16.5. The van der Waals surface area contributed by atoms with Crippen molar-refractivity contribution in [2.24, 2.45) is 0 Å². The summed E-state index contributed by atoms with van der Waals surface area (Å²) in [7, 11) is 3.15. The molecule has 0 aliphatic carbocycles. The van der Waals surface area contributed by atoms with Crippen LogP contribution in [0.2, 0.25) is 0 Å². The molecule has 0 aromatic heterocycles. The molecular formula is C26H28N2O7. The topological polar surface area (TPSA) is 117 Å². The zero-order chi connectivity index (χ0) is 25.4. The first-order valence-electron chi connectivity index (χ1n) is 11.0. The second-order valence-electron chi connectivity index (χ2n) is 7.90. The highest BCUT2D eigenvalue weighted by molar-refractivity contribution is 6.27. The smallest absolute Gasteiger partial charge is 0.414 e. The Morgan fingerprint density at radius 3 is 2.06 bits per heavy atom. The Bertz CT molecular complexity index is 1190. The first kappa shape index (κ1) is 25.5. The highest BCUT2D eigenvalue weighted by Crippen LogP contribution is 2.31. The zero-order valence-corrected chi connectivity index (χ0v) is 19.6. The van der Waals surface area contributed by atoms with E-state index in [1.807, 2.05) is 11.0 Å². The van der Waals surface area contributed by atoms with Crippen LogP contribution in [0.3, 0.4) is 0 Å². The second-order valence-corrected chi connectivity index (χ2v) is 7.90. The largest absolute Gasteiger partial charge is 0.493 e. The van der Waals surface area contributed by atoms with Gasteiger partial charge < -0.3 is 24.6 Å². The molecule has 3 aromatic carbocycles. The lowest BCUT2D eigenvalue weighted by molar-refractivity contribution is -0.159. The van der Waals surface area contributed by atoms with Crippen LogP contribution < -0.4 is 9.47 Å². The van der Waals surface area contributed by atoms with Crippen LogP contribution in [-0.2, 0) is 16.1 Å². The number of hydrogen-bond acceptors (Lipinski definition) is 6. The molecule has 1 saturated heterocycles. The highest BCUT2D eigenvalue weighted by Gasteiger charge is 2.25. The van der Waals surface area contributed by atoms with E-state index in [-0.39, 0.29) is 5.91 Å². The number of carboxylic acid groups (broad SMARTS) is 2. The number of benzene rings is 3.